The second-order valence-corrected chi connectivity index (χ2v) is 7.79. The zero-order chi connectivity index (χ0) is 24.6. The van der Waals surface area contributed by atoms with Crippen LogP contribution in [-0.2, 0) is 23.7 Å². The van der Waals surface area contributed by atoms with Gasteiger partial charge in [-0.25, -0.2) is 14.4 Å². The van der Waals surface area contributed by atoms with Crippen molar-refractivity contribution in [3.8, 4) is 0 Å². The van der Waals surface area contributed by atoms with Crippen molar-refractivity contribution in [3.05, 3.63) is 120 Å². The van der Waals surface area contributed by atoms with E-state index in [-0.39, 0.29) is 0 Å². The number of methoxy groups -OCH3 is 1. The Morgan fingerprint density at radius 2 is 1.20 bits per heavy atom. The van der Waals surface area contributed by atoms with Crippen molar-refractivity contribution in [2.75, 3.05) is 7.11 Å². The third kappa shape index (κ3) is 5.83. The van der Waals surface area contributed by atoms with E-state index >= 15 is 0 Å². The summed E-state index contributed by atoms with van der Waals surface area (Å²) in [6, 6.07) is 26.2. The maximum absolute atomic E-state index is 13.0. The van der Waals surface area contributed by atoms with E-state index in [0.29, 0.717) is 11.1 Å². The van der Waals surface area contributed by atoms with Gasteiger partial charge in [-0.1, -0.05) is 66.7 Å². The molecule has 0 unspecified atom stereocenters. The summed E-state index contributed by atoms with van der Waals surface area (Å²) in [6.45, 7) is 0. The van der Waals surface area contributed by atoms with E-state index in [9.17, 15) is 14.4 Å². The first-order valence-electron chi connectivity index (χ1n) is 11.1. The fourth-order valence-electron chi connectivity index (χ4n) is 3.79. The molecule has 7 heteroatoms. The molecule has 35 heavy (non-hydrogen) atoms. The molecule has 3 aromatic carbocycles. The molecule has 1 fully saturated rings. The number of esters is 3. The summed E-state index contributed by atoms with van der Waals surface area (Å²) in [6.07, 6.45) is -0.991. The maximum Gasteiger partial charge on any atom is 0.338 e. The largest absolute Gasteiger partial charge is 0.466 e. The van der Waals surface area contributed by atoms with E-state index in [1.807, 2.05) is 30.3 Å². The molecule has 4 rings (SSSR count). The Labute approximate surface area is 202 Å². The van der Waals surface area contributed by atoms with Gasteiger partial charge in [0.15, 0.2) is 12.2 Å². The molecule has 0 N–H and O–H groups in total. The summed E-state index contributed by atoms with van der Waals surface area (Å²) in [5, 5.41) is 0. The minimum Gasteiger partial charge on any atom is -0.466 e. The highest BCUT2D eigenvalue weighted by Crippen LogP contribution is 2.38. The van der Waals surface area contributed by atoms with Gasteiger partial charge in [0.2, 0.25) is 0 Å². The molecule has 7 nitrogen and oxygen atoms in total. The van der Waals surface area contributed by atoms with Gasteiger partial charge in [-0.05, 0) is 35.9 Å². The van der Waals surface area contributed by atoms with Gasteiger partial charge in [0.05, 0.1) is 18.2 Å². The van der Waals surface area contributed by atoms with Crippen LogP contribution in [0.1, 0.15) is 32.4 Å². The SMILES string of the molecule is COC(=O)/C=C/[C@@H]1O[C@H](c2ccccc2)[C@@H](OC(=O)c2ccccc2)[C@@H]1OC(=O)c1ccccc1. The molecule has 1 aliphatic rings. The average Bonchev–Trinajstić information content (AvgIpc) is 3.25. The van der Waals surface area contributed by atoms with Crippen molar-refractivity contribution in [2.45, 2.75) is 24.4 Å². The van der Waals surface area contributed by atoms with E-state index in [1.54, 1.807) is 60.7 Å². The van der Waals surface area contributed by atoms with Gasteiger partial charge < -0.3 is 18.9 Å². The zero-order valence-corrected chi connectivity index (χ0v) is 19.0. The highest BCUT2D eigenvalue weighted by atomic mass is 16.6. The minimum absolute atomic E-state index is 0.333. The monoisotopic (exact) mass is 472 g/mol. The molecule has 0 amide bonds. The molecule has 4 atom stereocenters. The van der Waals surface area contributed by atoms with Crippen LogP contribution in [0.3, 0.4) is 0 Å². The maximum atomic E-state index is 13.0. The predicted molar refractivity (Wildman–Crippen MR) is 127 cm³/mol. The molecule has 0 saturated carbocycles. The molecule has 0 aromatic heterocycles. The highest BCUT2D eigenvalue weighted by molar-refractivity contribution is 5.90. The molecule has 0 bridgehead atoms. The fraction of sp³-hybridized carbons (Fsp3) is 0.179. The van der Waals surface area contributed by atoms with Gasteiger partial charge in [0.1, 0.15) is 12.2 Å². The molecule has 1 saturated heterocycles. The van der Waals surface area contributed by atoms with Gasteiger partial charge in [-0.2, -0.15) is 0 Å². The number of hydrogen-bond donors (Lipinski definition) is 0. The standard InChI is InChI=1S/C28H24O7/c1-32-23(29)18-17-22-25(34-27(30)20-13-7-3-8-14-20)26(24(33-22)19-11-5-2-6-12-19)35-28(31)21-15-9-4-10-16-21/h2-18,22,24-26H,1H3/b18-17+/t22-,24+,25+,26+/m0/s1. The summed E-state index contributed by atoms with van der Waals surface area (Å²) in [4.78, 5) is 37.7. The van der Waals surface area contributed by atoms with Crippen LogP contribution >= 0.6 is 0 Å². The van der Waals surface area contributed by atoms with E-state index < -0.39 is 42.3 Å². The third-order valence-electron chi connectivity index (χ3n) is 5.51. The summed E-state index contributed by atoms with van der Waals surface area (Å²) in [7, 11) is 1.26. The first-order chi connectivity index (χ1) is 17.1. The summed E-state index contributed by atoms with van der Waals surface area (Å²) in [5.41, 5.74) is 1.41. The summed E-state index contributed by atoms with van der Waals surface area (Å²) in [5.74, 6) is -1.79. The Hall–Kier alpha value is -4.23. The number of carbonyl (C=O) groups excluding carboxylic acids is 3. The van der Waals surface area contributed by atoms with E-state index in [0.717, 1.165) is 5.56 Å². The van der Waals surface area contributed by atoms with E-state index in [4.69, 9.17) is 14.2 Å². The molecular formula is C28H24O7. The van der Waals surface area contributed by atoms with Crippen molar-refractivity contribution in [1.29, 1.82) is 0 Å². The van der Waals surface area contributed by atoms with Crippen LogP contribution in [0.25, 0.3) is 0 Å². The molecule has 0 radical (unpaired) electrons. The molecular weight excluding hydrogens is 448 g/mol. The molecule has 0 spiro atoms. The number of ether oxygens (including phenoxy) is 4. The van der Waals surface area contributed by atoms with Gasteiger partial charge in [0, 0.05) is 6.08 Å². The van der Waals surface area contributed by atoms with Gasteiger partial charge in [-0.3, -0.25) is 0 Å². The molecule has 0 aliphatic carbocycles. The lowest BCUT2D eigenvalue weighted by Gasteiger charge is -2.24. The Bertz CT molecular complexity index is 1180. The van der Waals surface area contributed by atoms with Crippen LogP contribution in [0.2, 0.25) is 0 Å². The number of carbonyl (C=O) groups is 3. The van der Waals surface area contributed by atoms with Gasteiger partial charge in [0.25, 0.3) is 0 Å². The van der Waals surface area contributed by atoms with Gasteiger partial charge >= 0.3 is 17.9 Å². The Balaban J connectivity index is 1.69. The molecule has 1 aliphatic heterocycles. The molecule has 1 heterocycles. The smallest absolute Gasteiger partial charge is 0.338 e. The fourth-order valence-corrected chi connectivity index (χ4v) is 3.79. The lowest BCUT2D eigenvalue weighted by molar-refractivity contribution is -0.134. The van der Waals surface area contributed by atoms with Crippen molar-refractivity contribution in [2.24, 2.45) is 0 Å². The van der Waals surface area contributed by atoms with E-state index in [1.165, 1.54) is 19.3 Å². The Kier molecular flexibility index (Phi) is 7.70. The highest BCUT2D eigenvalue weighted by Gasteiger charge is 2.49. The van der Waals surface area contributed by atoms with E-state index in [2.05, 4.69) is 4.74 Å². The molecule has 178 valence electrons. The van der Waals surface area contributed by atoms with Gasteiger partial charge in [-0.15, -0.1) is 0 Å². The van der Waals surface area contributed by atoms with Crippen LogP contribution < -0.4 is 0 Å². The lowest BCUT2D eigenvalue weighted by Crippen LogP contribution is -2.38. The first kappa shape index (κ1) is 23.9. The van der Waals surface area contributed by atoms with Crippen LogP contribution in [0, 0.1) is 0 Å². The average molecular weight is 472 g/mol. The lowest BCUT2D eigenvalue weighted by atomic mass is 10.0. The Morgan fingerprint density at radius 1 is 0.714 bits per heavy atom. The van der Waals surface area contributed by atoms with Crippen LogP contribution in [0.15, 0.2) is 103 Å². The van der Waals surface area contributed by atoms with Crippen molar-refractivity contribution >= 4 is 17.9 Å². The first-order valence-corrected chi connectivity index (χ1v) is 11.1. The number of hydrogen-bond acceptors (Lipinski definition) is 7. The minimum atomic E-state index is -1.03. The Morgan fingerprint density at radius 3 is 1.71 bits per heavy atom. The zero-order valence-electron chi connectivity index (χ0n) is 19.0. The van der Waals surface area contributed by atoms with Crippen LogP contribution in [-0.4, -0.2) is 43.3 Å². The summed E-state index contributed by atoms with van der Waals surface area (Å²) >= 11 is 0. The third-order valence-corrected chi connectivity index (χ3v) is 5.51. The number of benzene rings is 3. The van der Waals surface area contributed by atoms with Crippen LogP contribution in [0.5, 0.6) is 0 Å². The second-order valence-electron chi connectivity index (χ2n) is 7.79. The normalized spacial score (nSPS) is 21.4. The van der Waals surface area contributed by atoms with Crippen LogP contribution in [0.4, 0.5) is 0 Å². The quantitative estimate of drug-likeness (QED) is 0.288. The van der Waals surface area contributed by atoms with Crippen molar-refractivity contribution < 1.29 is 33.3 Å². The second kappa shape index (κ2) is 11.3. The molecule has 3 aromatic rings. The van der Waals surface area contributed by atoms with Crippen molar-refractivity contribution in [3.63, 3.8) is 0 Å². The predicted octanol–water partition coefficient (Wildman–Crippen LogP) is 4.31. The number of rotatable bonds is 7. The van der Waals surface area contributed by atoms with Crippen molar-refractivity contribution in [1.82, 2.24) is 0 Å². The summed E-state index contributed by atoms with van der Waals surface area (Å²) < 4.78 is 22.6. The topological polar surface area (TPSA) is 88.1 Å².